The minimum Gasteiger partial charge on any atom is -0.494 e. The lowest BCUT2D eigenvalue weighted by Crippen LogP contribution is -2.05. The van der Waals surface area contributed by atoms with Crippen LogP contribution in [0.1, 0.15) is 32.5 Å². The van der Waals surface area contributed by atoms with Gasteiger partial charge in [0.2, 0.25) is 0 Å². The van der Waals surface area contributed by atoms with Crippen LogP contribution in [0.3, 0.4) is 0 Å². The minimum atomic E-state index is 0.162. The van der Waals surface area contributed by atoms with Crippen molar-refractivity contribution in [2.45, 2.75) is 39.1 Å². The summed E-state index contributed by atoms with van der Waals surface area (Å²) in [6, 6.07) is 5.83. The van der Waals surface area contributed by atoms with Crippen molar-refractivity contribution in [3.8, 4) is 5.75 Å². The first kappa shape index (κ1) is 14.9. The van der Waals surface area contributed by atoms with Gasteiger partial charge in [0.05, 0.1) is 23.5 Å². The van der Waals surface area contributed by atoms with Crippen LogP contribution in [-0.2, 0) is 17.2 Å². The van der Waals surface area contributed by atoms with Crippen LogP contribution in [0.5, 0.6) is 5.75 Å². The van der Waals surface area contributed by atoms with Gasteiger partial charge in [-0.15, -0.1) is 11.6 Å². The molecule has 4 nitrogen and oxygen atoms in total. The minimum absolute atomic E-state index is 0.162. The fourth-order valence-electron chi connectivity index (χ4n) is 2.09. The van der Waals surface area contributed by atoms with Crippen LogP contribution in [0.2, 0.25) is 0 Å². The molecule has 108 valence electrons. The van der Waals surface area contributed by atoms with Gasteiger partial charge in [-0.3, -0.25) is 4.79 Å². The van der Waals surface area contributed by atoms with E-state index in [1.807, 2.05) is 22.8 Å². The van der Waals surface area contributed by atoms with E-state index in [2.05, 4.69) is 11.9 Å². The quantitative estimate of drug-likeness (QED) is 0.734. The first-order valence-corrected chi connectivity index (χ1v) is 7.36. The number of hydrogen-bond acceptors (Lipinski definition) is 3. The molecule has 0 aliphatic heterocycles. The molecular formula is C15H19ClN2O2. The molecule has 0 saturated carbocycles. The second-order valence-corrected chi connectivity index (χ2v) is 5.03. The third kappa shape index (κ3) is 3.31. The maximum Gasteiger partial charge on any atom is 0.131 e. The Morgan fingerprint density at radius 2 is 2.25 bits per heavy atom. The number of carbonyl (C=O) groups is 1. The van der Waals surface area contributed by atoms with E-state index in [4.69, 9.17) is 16.3 Å². The molecule has 1 heterocycles. The molecule has 0 spiro atoms. The van der Waals surface area contributed by atoms with Crippen molar-refractivity contribution in [2.24, 2.45) is 0 Å². The van der Waals surface area contributed by atoms with Crippen LogP contribution >= 0.6 is 11.6 Å². The molecule has 0 N–H and O–H groups in total. The van der Waals surface area contributed by atoms with Crippen molar-refractivity contribution in [2.75, 3.05) is 6.61 Å². The number of benzene rings is 1. The number of fused-ring (bicyclic) bond motifs is 1. The Morgan fingerprint density at radius 1 is 1.45 bits per heavy atom. The van der Waals surface area contributed by atoms with E-state index in [0.29, 0.717) is 25.5 Å². The summed E-state index contributed by atoms with van der Waals surface area (Å²) in [6.07, 6.45) is 1.46. The zero-order valence-electron chi connectivity index (χ0n) is 11.9. The number of ketones is 1. The fourth-order valence-corrected chi connectivity index (χ4v) is 2.29. The van der Waals surface area contributed by atoms with Gasteiger partial charge in [-0.1, -0.05) is 6.92 Å². The van der Waals surface area contributed by atoms with E-state index in [1.54, 1.807) is 6.92 Å². The molecule has 0 aliphatic rings. The van der Waals surface area contributed by atoms with Crippen molar-refractivity contribution in [1.82, 2.24) is 9.55 Å². The van der Waals surface area contributed by atoms with Crippen LogP contribution in [-0.4, -0.2) is 21.9 Å². The van der Waals surface area contributed by atoms with Crippen LogP contribution < -0.4 is 4.74 Å². The Morgan fingerprint density at radius 3 is 2.90 bits per heavy atom. The zero-order chi connectivity index (χ0) is 14.5. The lowest BCUT2D eigenvalue weighted by molar-refractivity contribution is -0.117. The maximum atomic E-state index is 11.2. The molecule has 0 saturated heterocycles. The maximum absolute atomic E-state index is 11.2. The van der Waals surface area contributed by atoms with Crippen molar-refractivity contribution in [3.05, 3.63) is 24.0 Å². The van der Waals surface area contributed by atoms with Crippen molar-refractivity contribution in [1.29, 1.82) is 0 Å². The summed E-state index contributed by atoms with van der Waals surface area (Å²) < 4.78 is 7.62. The standard InChI is InChI=1S/C15H19ClN2O2/c1-3-8-20-12-4-5-14-13(9-12)17-15(10-16)18(14)7-6-11(2)19/h4-5,9H,3,6-8,10H2,1-2H3. The van der Waals surface area contributed by atoms with Gasteiger partial charge in [0.1, 0.15) is 17.4 Å². The third-order valence-electron chi connectivity index (χ3n) is 3.08. The molecule has 1 aromatic heterocycles. The predicted molar refractivity (Wildman–Crippen MR) is 80.4 cm³/mol. The predicted octanol–water partition coefficient (Wildman–Crippen LogP) is 3.54. The molecule has 0 atom stereocenters. The summed E-state index contributed by atoms with van der Waals surface area (Å²) in [4.78, 5) is 15.7. The number of alkyl halides is 1. The van der Waals surface area contributed by atoms with Crippen molar-refractivity contribution < 1.29 is 9.53 Å². The Labute approximate surface area is 123 Å². The molecule has 0 fully saturated rings. The van der Waals surface area contributed by atoms with Crippen LogP contribution in [0.25, 0.3) is 11.0 Å². The Balaban J connectivity index is 2.33. The zero-order valence-corrected chi connectivity index (χ0v) is 12.6. The Hall–Kier alpha value is -1.55. The van der Waals surface area contributed by atoms with Crippen molar-refractivity contribution >= 4 is 28.4 Å². The number of ether oxygens (including phenoxy) is 1. The number of imidazole rings is 1. The topological polar surface area (TPSA) is 44.1 Å². The van der Waals surface area contributed by atoms with Crippen LogP contribution in [0.15, 0.2) is 18.2 Å². The normalized spacial score (nSPS) is 10.9. The molecule has 2 aromatic rings. The van der Waals surface area contributed by atoms with Gasteiger partial charge in [0.25, 0.3) is 0 Å². The third-order valence-corrected chi connectivity index (χ3v) is 3.32. The number of nitrogens with zero attached hydrogens (tertiary/aromatic N) is 2. The number of aryl methyl sites for hydroxylation is 1. The highest BCUT2D eigenvalue weighted by atomic mass is 35.5. The van der Waals surface area contributed by atoms with Gasteiger partial charge in [0.15, 0.2) is 0 Å². The fraction of sp³-hybridized carbons (Fsp3) is 0.467. The van der Waals surface area contributed by atoms with E-state index in [9.17, 15) is 4.79 Å². The summed E-state index contributed by atoms with van der Waals surface area (Å²) in [7, 11) is 0. The molecule has 1 aromatic carbocycles. The largest absolute Gasteiger partial charge is 0.494 e. The SMILES string of the molecule is CCCOc1ccc2c(c1)nc(CCl)n2CCC(C)=O. The van der Waals surface area contributed by atoms with Gasteiger partial charge in [-0.25, -0.2) is 4.98 Å². The molecule has 0 bridgehead atoms. The molecule has 2 rings (SSSR count). The van der Waals surface area contributed by atoms with E-state index >= 15 is 0 Å². The molecular weight excluding hydrogens is 276 g/mol. The summed E-state index contributed by atoms with van der Waals surface area (Å²) in [5.41, 5.74) is 1.85. The highest BCUT2D eigenvalue weighted by molar-refractivity contribution is 6.16. The Bertz CT molecular complexity index is 607. The number of carbonyl (C=O) groups excluding carboxylic acids is 1. The molecule has 0 amide bonds. The highest BCUT2D eigenvalue weighted by Gasteiger charge is 2.11. The van der Waals surface area contributed by atoms with E-state index < -0.39 is 0 Å². The van der Waals surface area contributed by atoms with E-state index in [0.717, 1.165) is 29.0 Å². The second-order valence-electron chi connectivity index (χ2n) is 4.76. The molecule has 0 radical (unpaired) electrons. The smallest absolute Gasteiger partial charge is 0.131 e. The van der Waals surface area contributed by atoms with Gasteiger partial charge < -0.3 is 9.30 Å². The van der Waals surface area contributed by atoms with Gasteiger partial charge in [-0.2, -0.15) is 0 Å². The number of Topliss-reactive ketones (excluding diaryl/α,β-unsaturated/α-hetero) is 1. The molecule has 20 heavy (non-hydrogen) atoms. The molecule has 0 unspecified atom stereocenters. The monoisotopic (exact) mass is 294 g/mol. The first-order valence-electron chi connectivity index (χ1n) is 6.83. The van der Waals surface area contributed by atoms with Crippen LogP contribution in [0.4, 0.5) is 0 Å². The number of halogens is 1. The van der Waals surface area contributed by atoms with E-state index in [1.165, 1.54) is 0 Å². The van der Waals surface area contributed by atoms with Gasteiger partial charge in [0, 0.05) is 19.0 Å². The van der Waals surface area contributed by atoms with Crippen molar-refractivity contribution in [3.63, 3.8) is 0 Å². The van der Waals surface area contributed by atoms with Gasteiger partial charge in [-0.05, 0) is 25.5 Å². The number of aromatic nitrogens is 2. The lowest BCUT2D eigenvalue weighted by atomic mass is 10.2. The summed E-state index contributed by atoms with van der Waals surface area (Å²) in [5.74, 6) is 2.10. The van der Waals surface area contributed by atoms with Gasteiger partial charge >= 0.3 is 0 Å². The van der Waals surface area contributed by atoms with E-state index in [-0.39, 0.29) is 5.78 Å². The second kappa shape index (κ2) is 6.75. The number of rotatable bonds is 7. The highest BCUT2D eigenvalue weighted by Crippen LogP contribution is 2.23. The Kier molecular flexibility index (Phi) is 5.01. The lowest BCUT2D eigenvalue weighted by Gasteiger charge is -2.07. The molecule has 5 heteroatoms. The summed E-state index contributed by atoms with van der Waals surface area (Å²) in [6.45, 7) is 4.97. The number of hydrogen-bond donors (Lipinski definition) is 0. The van der Waals surface area contributed by atoms with Crippen LogP contribution in [0, 0.1) is 0 Å². The average molecular weight is 295 g/mol. The average Bonchev–Trinajstić information content (AvgIpc) is 2.79. The first-order chi connectivity index (χ1) is 9.65. The summed E-state index contributed by atoms with van der Waals surface area (Å²) in [5, 5.41) is 0. The summed E-state index contributed by atoms with van der Waals surface area (Å²) >= 11 is 5.94. The molecule has 0 aliphatic carbocycles.